The van der Waals surface area contributed by atoms with Crippen LogP contribution in [-0.4, -0.2) is 38.7 Å². The number of methoxy groups -OCH3 is 1. The molecular formula is C16H17N5O3S. The monoisotopic (exact) mass is 359 g/mol. The Kier molecular flexibility index (Phi) is 5.03. The molecule has 2 aromatic heterocycles. The quantitative estimate of drug-likeness (QED) is 0.676. The van der Waals surface area contributed by atoms with E-state index in [1.54, 1.807) is 20.1 Å². The zero-order valence-electron chi connectivity index (χ0n) is 14.0. The Bertz CT molecular complexity index is 872. The Balaban J connectivity index is 1.63. The van der Waals surface area contributed by atoms with E-state index in [0.717, 1.165) is 17.1 Å². The summed E-state index contributed by atoms with van der Waals surface area (Å²) in [5, 5.41) is 15.4. The number of benzene rings is 1. The lowest BCUT2D eigenvalue weighted by atomic mass is 10.2. The Morgan fingerprint density at radius 2 is 2.08 bits per heavy atom. The minimum absolute atomic E-state index is 0.188. The molecule has 2 heterocycles. The number of thioether (sulfide) groups is 1. The lowest BCUT2D eigenvalue weighted by Crippen LogP contribution is -2.14. The first-order valence-electron chi connectivity index (χ1n) is 7.46. The van der Waals surface area contributed by atoms with Gasteiger partial charge in [-0.25, -0.2) is 0 Å². The van der Waals surface area contributed by atoms with E-state index in [1.165, 1.54) is 11.8 Å². The van der Waals surface area contributed by atoms with Crippen LogP contribution in [0.1, 0.15) is 5.76 Å². The van der Waals surface area contributed by atoms with E-state index in [2.05, 4.69) is 20.7 Å². The van der Waals surface area contributed by atoms with Crippen molar-refractivity contribution in [2.24, 2.45) is 7.05 Å². The normalized spacial score (nSPS) is 10.7. The predicted octanol–water partition coefficient (Wildman–Crippen LogP) is 2.52. The molecule has 1 N–H and O–H groups in total. The molecule has 0 spiro atoms. The molecule has 3 rings (SSSR count). The summed E-state index contributed by atoms with van der Waals surface area (Å²) in [6.07, 6.45) is 0. The molecule has 0 aliphatic rings. The van der Waals surface area contributed by atoms with Gasteiger partial charge < -0.3 is 19.1 Å². The van der Waals surface area contributed by atoms with E-state index in [-0.39, 0.29) is 11.7 Å². The minimum atomic E-state index is -0.188. The number of anilines is 1. The molecule has 0 saturated carbocycles. The van der Waals surface area contributed by atoms with Crippen molar-refractivity contribution in [1.29, 1.82) is 0 Å². The summed E-state index contributed by atoms with van der Waals surface area (Å²) in [5.74, 6) is 2.55. The van der Waals surface area contributed by atoms with Crippen molar-refractivity contribution in [2.75, 3.05) is 18.2 Å². The van der Waals surface area contributed by atoms with Crippen molar-refractivity contribution in [3.05, 3.63) is 36.1 Å². The second-order valence-corrected chi connectivity index (χ2v) is 6.20. The van der Waals surface area contributed by atoms with Crippen LogP contribution in [0.15, 0.2) is 40.0 Å². The summed E-state index contributed by atoms with van der Waals surface area (Å²) in [6.45, 7) is 1.76. The number of amides is 1. The number of carbonyl (C=O) groups is 1. The molecule has 0 radical (unpaired) electrons. The molecule has 0 atom stereocenters. The van der Waals surface area contributed by atoms with Crippen LogP contribution in [0.4, 0.5) is 5.82 Å². The highest BCUT2D eigenvalue weighted by Gasteiger charge is 2.14. The van der Waals surface area contributed by atoms with E-state index < -0.39 is 0 Å². The molecule has 0 aliphatic carbocycles. The Morgan fingerprint density at radius 1 is 1.32 bits per heavy atom. The van der Waals surface area contributed by atoms with Crippen molar-refractivity contribution < 1.29 is 14.1 Å². The Labute approximate surface area is 148 Å². The van der Waals surface area contributed by atoms with E-state index in [1.807, 2.05) is 35.9 Å². The van der Waals surface area contributed by atoms with Gasteiger partial charge in [-0.2, -0.15) is 0 Å². The summed E-state index contributed by atoms with van der Waals surface area (Å²) in [6, 6.07) is 9.22. The van der Waals surface area contributed by atoms with Crippen molar-refractivity contribution >= 4 is 23.5 Å². The van der Waals surface area contributed by atoms with Crippen LogP contribution in [0.25, 0.3) is 11.4 Å². The van der Waals surface area contributed by atoms with Crippen LogP contribution < -0.4 is 10.1 Å². The van der Waals surface area contributed by atoms with Gasteiger partial charge in [0.05, 0.1) is 12.9 Å². The van der Waals surface area contributed by atoms with Crippen LogP contribution >= 0.6 is 11.8 Å². The summed E-state index contributed by atoms with van der Waals surface area (Å²) in [5.41, 5.74) is 0.921. The van der Waals surface area contributed by atoms with E-state index >= 15 is 0 Å². The average Bonchev–Trinajstić information content (AvgIpc) is 3.19. The molecule has 0 unspecified atom stereocenters. The van der Waals surface area contributed by atoms with Gasteiger partial charge in [0.1, 0.15) is 11.5 Å². The van der Waals surface area contributed by atoms with Crippen LogP contribution in [-0.2, 0) is 11.8 Å². The van der Waals surface area contributed by atoms with Gasteiger partial charge in [-0.1, -0.05) is 16.9 Å². The largest absolute Gasteiger partial charge is 0.497 e. The predicted molar refractivity (Wildman–Crippen MR) is 93.6 cm³/mol. The Morgan fingerprint density at radius 3 is 2.72 bits per heavy atom. The summed E-state index contributed by atoms with van der Waals surface area (Å²) in [7, 11) is 3.48. The van der Waals surface area contributed by atoms with Gasteiger partial charge in [-0.05, 0) is 31.2 Å². The molecule has 25 heavy (non-hydrogen) atoms. The van der Waals surface area contributed by atoms with Gasteiger partial charge in [0.15, 0.2) is 16.8 Å². The van der Waals surface area contributed by atoms with Gasteiger partial charge >= 0.3 is 0 Å². The fraction of sp³-hybridized carbons (Fsp3) is 0.250. The number of ether oxygens (including phenoxy) is 1. The number of carbonyl (C=O) groups excluding carboxylic acids is 1. The molecule has 0 fully saturated rings. The number of aryl methyl sites for hydroxylation is 1. The number of rotatable bonds is 6. The van der Waals surface area contributed by atoms with Gasteiger partial charge in [0.25, 0.3) is 0 Å². The molecule has 0 aliphatic heterocycles. The Hall–Kier alpha value is -2.81. The van der Waals surface area contributed by atoms with Gasteiger partial charge in [-0.3, -0.25) is 4.79 Å². The van der Waals surface area contributed by atoms with Gasteiger partial charge in [0.2, 0.25) is 5.91 Å². The number of nitrogens with zero attached hydrogens (tertiary/aromatic N) is 4. The molecule has 0 bridgehead atoms. The first-order chi connectivity index (χ1) is 12.1. The minimum Gasteiger partial charge on any atom is -0.497 e. The maximum Gasteiger partial charge on any atom is 0.236 e. The van der Waals surface area contributed by atoms with Crippen LogP contribution in [0.5, 0.6) is 5.75 Å². The average molecular weight is 359 g/mol. The molecule has 8 nitrogen and oxygen atoms in total. The van der Waals surface area contributed by atoms with Crippen molar-refractivity contribution in [2.45, 2.75) is 12.1 Å². The first kappa shape index (κ1) is 17.0. The first-order valence-corrected chi connectivity index (χ1v) is 8.45. The number of aromatic nitrogens is 4. The molecular weight excluding hydrogens is 342 g/mol. The topological polar surface area (TPSA) is 95.1 Å². The fourth-order valence-electron chi connectivity index (χ4n) is 2.17. The van der Waals surface area contributed by atoms with E-state index in [0.29, 0.717) is 16.7 Å². The van der Waals surface area contributed by atoms with Crippen molar-refractivity contribution in [3.63, 3.8) is 0 Å². The highest BCUT2D eigenvalue weighted by Crippen LogP contribution is 2.24. The molecule has 1 amide bonds. The molecule has 9 heteroatoms. The summed E-state index contributed by atoms with van der Waals surface area (Å²) >= 11 is 1.30. The lowest BCUT2D eigenvalue weighted by Gasteiger charge is -2.05. The second-order valence-electron chi connectivity index (χ2n) is 5.25. The second kappa shape index (κ2) is 7.39. The van der Waals surface area contributed by atoms with Gasteiger partial charge in [-0.15, -0.1) is 10.2 Å². The SMILES string of the molecule is COc1ccc(-c2nnc(SCC(=O)Nc3cc(C)on3)n2C)cc1. The lowest BCUT2D eigenvalue weighted by molar-refractivity contribution is -0.113. The van der Waals surface area contributed by atoms with Crippen molar-refractivity contribution in [3.8, 4) is 17.1 Å². The van der Waals surface area contributed by atoms with E-state index in [9.17, 15) is 4.79 Å². The highest BCUT2D eigenvalue weighted by molar-refractivity contribution is 7.99. The third kappa shape index (κ3) is 4.00. The molecule has 1 aromatic carbocycles. The maximum atomic E-state index is 12.0. The fourth-order valence-corrected chi connectivity index (χ4v) is 2.88. The number of hydrogen-bond acceptors (Lipinski definition) is 7. The summed E-state index contributed by atoms with van der Waals surface area (Å²) < 4.78 is 11.9. The third-order valence-electron chi connectivity index (χ3n) is 3.41. The van der Waals surface area contributed by atoms with Crippen LogP contribution in [0.3, 0.4) is 0 Å². The van der Waals surface area contributed by atoms with Gasteiger partial charge in [0, 0.05) is 18.7 Å². The number of nitrogens with one attached hydrogen (secondary N) is 1. The van der Waals surface area contributed by atoms with Crippen molar-refractivity contribution in [1.82, 2.24) is 19.9 Å². The van der Waals surface area contributed by atoms with Crippen LogP contribution in [0, 0.1) is 6.92 Å². The standard InChI is InChI=1S/C16H17N5O3S/c1-10-8-13(20-24-10)17-14(22)9-25-16-19-18-15(21(16)2)11-4-6-12(23-3)7-5-11/h4-8H,9H2,1-3H3,(H,17,20,22). The molecule has 130 valence electrons. The maximum absolute atomic E-state index is 12.0. The highest BCUT2D eigenvalue weighted by atomic mass is 32.2. The zero-order valence-corrected chi connectivity index (χ0v) is 14.8. The van der Waals surface area contributed by atoms with Crippen LogP contribution in [0.2, 0.25) is 0 Å². The molecule has 3 aromatic rings. The smallest absolute Gasteiger partial charge is 0.236 e. The molecule has 0 saturated heterocycles. The third-order valence-corrected chi connectivity index (χ3v) is 4.43. The summed E-state index contributed by atoms with van der Waals surface area (Å²) in [4.78, 5) is 12.0. The zero-order chi connectivity index (χ0) is 17.8. The number of hydrogen-bond donors (Lipinski definition) is 1. The van der Waals surface area contributed by atoms with E-state index in [4.69, 9.17) is 9.26 Å².